The maximum atomic E-state index is 5.91. The molecule has 0 unspecified atom stereocenters. The van der Waals surface area contributed by atoms with Crippen molar-refractivity contribution in [3.63, 3.8) is 0 Å². The van der Waals surface area contributed by atoms with Crippen molar-refractivity contribution >= 4 is 10.8 Å². The Morgan fingerprint density at radius 2 is 1.67 bits per heavy atom. The van der Waals surface area contributed by atoms with Crippen LogP contribution in [0.2, 0.25) is 0 Å². The highest BCUT2D eigenvalue weighted by Gasteiger charge is 2.10. The Kier molecular flexibility index (Phi) is 3.63. The summed E-state index contributed by atoms with van der Waals surface area (Å²) in [5.74, 6) is 0.899. The van der Waals surface area contributed by atoms with E-state index in [1.165, 1.54) is 22.1 Å². The Balaban J connectivity index is 2.34. The fourth-order valence-electron chi connectivity index (χ4n) is 2.80. The van der Waals surface area contributed by atoms with Gasteiger partial charge >= 0.3 is 0 Å². The molecule has 106 valence electrons. The summed E-state index contributed by atoms with van der Waals surface area (Å²) in [6, 6.07) is 18.9. The van der Waals surface area contributed by atoms with Gasteiger partial charge in [0.2, 0.25) is 0 Å². The van der Waals surface area contributed by atoms with Gasteiger partial charge in [0, 0.05) is 11.9 Å². The summed E-state index contributed by atoms with van der Waals surface area (Å²) in [6.45, 7) is 2.64. The lowest BCUT2D eigenvalue weighted by Crippen LogP contribution is -1.99. The summed E-state index contributed by atoms with van der Waals surface area (Å²) < 4.78 is 5.47. The van der Waals surface area contributed by atoms with Crippen LogP contribution in [0.5, 0.6) is 5.75 Å². The van der Waals surface area contributed by atoms with E-state index in [9.17, 15) is 0 Å². The highest BCUT2D eigenvalue weighted by atomic mass is 16.5. The zero-order valence-corrected chi connectivity index (χ0v) is 12.4. The van der Waals surface area contributed by atoms with Crippen molar-refractivity contribution in [1.29, 1.82) is 0 Å². The first kappa shape index (κ1) is 13.7. The second-order valence-electron chi connectivity index (χ2n) is 5.23. The van der Waals surface area contributed by atoms with E-state index in [0.29, 0.717) is 6.54 Å². The summed E-state index contributed by atoms with van der Waals surface area (Å²) in [4.78, 5) is 0. The van der Waals surface area contributed by atoms with Crippen molar-refractivity contribution in [2.24, 2.45) is 5.73 Å². The molecule has 3 rings (SSSR count). The molecular weight excluding hydrogens is 258 g/mol. The third kappa shape index (κ3) is 2.39. The molecule has 0 fully saturated rings. The first-order chi connectivity index (χ1) is 10.2. The molecule has 0 saturated heterocycles. The lowest BCUT2D eigenvalue weighted by molar-refractivity contribution is 0.420. The molecule has 2 nitrogen and oxygen atoms in total. The molecule has 0 aliphatic rings. The second-order valence-corrected chi connectivity index (χ2v) is 5.23. The van der Waals surface area contributed by atoms with Crippen LogP contribution in [0.25, 0.3) is 21.9 Å². The molecule has 0 atom stereocenters. The molecule has 0 saturated carbocycles. The van der Waals surface area contributed by atoms with E-state index in [2.05, 4.69) is 49.4 Å². The number of ether oxygens (including phenoxy) is 1. The third-order valence-corrected chi connectivity index (χ3v) is 3.88. The van der Waals surface area contributed by atoms with E-state index < -0.39 is 0 Å². The van der Waals surface area contributed by atoms with Gasteiger partial charge in [-0.25, -0.2) is 0 Å². The number of rotatable bonds is 3. The third-order valence-electron chi connectivity index (χ3n) is 3.88. The Labute approximate surface area is 125 Å². The summed E-state index contributed by atoms with van der Waals surface area (Å²) in [5, 5.41) is 2.32. The van der Waals surface area contributed by atoms with E-state index in [4.69, 9.17) is 10.5 Å². The van der Waals surface area contributed by atoms with Crippen LogP contribution in [-0.4, -0.2) is 7.11 Å². The van der Waals surface area contributed by atoms with Gasteiger partial charge in [-0.15, -0.1) is 0 Å². The Morgan fingerprint density at radius 1 is 0.905 bits per heavy atom. The minimum atomic E-state index is 0.538. The summed E-state index contributed by atoms with van der Waals surface area (Å²) >= 11 is 0. The van der Waals surface area contributed by atoms with E-state index >= 15 is 0 Å². The van der Waals surface area contributed by atoms with E-state index in [1.54, 1.807) is 7.11 Å². The number of hydrogen-bond donors (Lipinski definition) is 1. The van der Waals surface area contributed by atoms with Crippen molar-refractivity contribution in [1.82, 2.24) is 0 Å². The van der Waals surface area contributed by atoms with Crippen LogP contribution < -0.4 is 10.5 Å². The fraction of sp³-hybridized carbons (Fsp3) is 0.158. The SMILES string of the molecule is COc1ccc(-c2cc(C)ccc2CN)c2ccccc12. The molecule has 2 heteroatoms. The highest BCUT2D eigenvalue weighted by Crippen LogP contribution is 2.36. The minimum absolute atomic E-state index is 0.538. The van der Waals surface area contributed by atoms with Gasteiger partial charge in [-0.1, -0.05) is 54.1 Å². The number of aryl methyl sites for hydroxylation is 1. The van der Waals surface area contributed by atoms with Gasteiger partial charge in [-0.3, -0.25) is 0 Å². The fourth-order valence-corrected chi connectivity index (χ4v) is 2.80. The zero-order chi connectivity index (χ0) is 14.8. The number of benzene rings is 3. The molecule has 0 aromatic heterocycles. The van der Waals surface area contributed by atoms with Gasteiger partial charge in [-0.2, -0.15) is 0 Å². The maximum absolute atomic E-state index is 5.91. The molecular formula is C19H19NO. The van der Waals surface area contributed by atoms with Gasteiger partial charge in [0.15, 0.2) is 0 Å². The quantitative estimate of drug-likeness (QED) is 0.775. The van der Waals surface area contributed by atoms with E-state index in [0.717, 1.165) is 16.7 Å². The number of nitrogens with two attached hydrogens (primary N) is 1. The van der Waals surface area contributed by atoms with Gasteiger partial charge < -0.3 is 10.5 Å². The Hall–Kier alpha value is -2.32. The monoisotopic (exact) mass is 277 g/mol. The van der Waals surface area contributed by atoms with Crippen LogP contribution in [0.1, 0.15) is 11.1 Å². The molecule has 0 aliphatic carbocycles. The topological polar surface area (TPSA) is 35.2 Å². The van der Waals surface area contributed by atoms with Gasteiger partial charge in [0.25, 0.3) is 0 Å². The normalized spacial score (nSPS) is 10.8. The smallest absolute Gasteiger partial charge is 0.126 e. The van der Waals surface area contributed by atoms with E-state index in [1.807, 2.05) is 12.1 Å². The maximum Gasteiger partial charge on any atom is 0.126 e. The molecule has 0 heterocycles. The number of methoxy groups -OCH3 is 1. The molecule has 2 N–H and O–H groups in total. The average molecular weight is 277 g/mol. The zero-order valence-electron chi connectivity index (χ0n) is 12.4. The lowest BCUT2D eigenvalue weighted by Gasteiger charge is -2.14. The minimum Gasteiger partial charge on any atom is -0.496 e. The Bertz CT molecular complexity index is 793. The van der Waals surface area contributed by atoms with Crippen molar-refractivity contribution in [2.45, 2.75) is 13.5 Å². The van der Waals surface area contributed by atoms with Crippen molar-refractivity contribution in [3.05, 3.63) is 65.7 Å². The van der Waals surface area contributed by atoms with Crippen molar-refractivity contribution < 1.29 is 4.74 Å². The second kappa shape index (κ2) is 5.58. The summed E-state index contributed by atoms with van der Waals surface area (Å²) in [6.07, 6.45) is 0. The predicted molar refractivity (Wildman–Crippen MR) is 88.6 cm³/mol. The van der Waals surface area contributed by atoms with Crippen LogP contribution in [-0.2, 0) is 6.54 Å². The lowest BCUT2D eigenvalue weighted by atomic mass is 9.93. The molecule has 21 heavy (non-hydrogen) atoms. The molecule has 3 aromatic rings. The van der Waals surface area contributed by atoms with Gasteiger partial charge in [0.05, 0.1) is 7.11 Å². The molecule has 0 radical (unpaired) electrons. The standard InChI is InChI=1S/C19H19NO/c1-13-7-8-14(12-20)18(11-13)16-9-10-19(21-2)17-6-4-3-5-15(16)17/h3-11H,12,20H2,1-2H3. The van der Waals surface area contributed by atoms with Gasteiger partial charge in [0.1, 0.15) is 5.75 Å². The molecule has 3 aromatic carbocycles. The number of fused-ring (bicyclic) bond motifs is 1. The number of hydrogen-bond acceptors (Lipinski definition) is 2. The molecule has 0 aliphatic heterocycles. The van der Waals surface area contributed by atoms with Crippen molar-refractivity contribution in [3.8, 4) is 16.9 Å². The molecule has 0 bridgehead atoms. The summed E-state index contributed by atoms with van der Waals surface area (Å²) in [5.41, 5.74) is 10.7. The highest BCUT2D eigenvalue weighted by molar-refractivity contribution is 6.00. The van der Waals surface area contributed by atoms with Gasteiger partial charge in [-0.05, 0) is 35.1 Å². The largest absolute Gasteiger partial charge is 0.496 e. The molecule has 0 amide bonds. The summed E-state index contributed by atoms with van der Waals surface area (Å²) in [7, 11) is 1.71. The predicted octanol–water partition coefficient (Wildman–Crippen LogP) is 4.28. The Morgan fingerprint density at radius 3 is 2.38 bits per heavy atom. The average Bonchev–Trinajstić information content (AvgIpc) is 2.53. The molecule has 0 spiro atoms. The first-order valence-corrected chi connectivity index (χ1v) is 7.10. The van der Waals surface area contributed by atoms with Crippen LogP contribution in [0.15, 0.2) is 54.6 Å². The van der Waals surface area contributed by atoms with E-state index in [-0.39, 0.29) is 0 Å². The van der Waals surface area contributed by atoms with Crippen LogP contribution in [0.3, 0.4) is 0 Å². The first-order valence-electron chi connectivity index (χ1n) is 7.10. The van der Waals surface area contributed by atoms with Crippen LogP contribution >= 0.6 is 0 Å². The van der Waals surface area contributed by atoms with Crippen LogP contribution in [0.4, 0.5) is 0 Å². The van der Waals surface area contributed by atoms with Crippen molar-refractivity contribution in [2.75, 3.05) is 7.11 Å². The van der Waals surface area contributed by atoms with Crippen LogP contribution in [0, 0.1) is 6.92 Å².